The Morgan fingerprint density at radius 2 is 1.80 bits per heavy atom. The summed E-state index contributed by atoms with van der Waals surface area (Å²) in [6.45, 7) is 7.11. The zero-order valence-corrected chi connectivity index (χ0v) is 17.9. The Morgan fingerprint density at radius 1 is 1.13 bits per heavy atom. The number of pyridine rings is 1. The van der Waals surface area contributed by atoms with Crippen molar-refractivity contribution in [1.82, 2.24) is 9.88 Å². The van der Waals surface area contributed by atoms with E-state index in [1.54, 1.807) is 58.0 Å². The van der Waals surface area contributed by atoms with E-state index in [2.05, 4.69) is 4.98 Å². The van der Waals surface area contributed by atoms with Crippen LogP contribution in [-0.2, 0) is 9.53 Å². The molecule has 2 atom stereocenters. The Kier molecular flexibility index (Phi) is 4.60. The molecule has 2 aliphatic heterocycles. The number of rotatable bonds is 2. The van der Waals surface area contributed by atoms with Crippen LogP contribution in [0.5, 0.6) is 11.5 Å². The van der Waals surface area contributed by atoms with Gasteiger partial charge in [-0.1, -0.05) is 6.07 Å². The number of amides is 2. The zero-order valence-electron chi connectivity index (χ0n) is 17.9. The number of nitrogens with zero attached hydrogens (tertiary/aromatic N) is 3. The van der Waals surface area contributed by atoms with Gasteiger partial charge < -0.3 is 14.2 Å². The molecule has 1 aromatic heterocycles. The van der Waals surface area contributed by atoms with Gasteiger partial charge in [-0.25, -0.2) is 4.79 Å². The van der Waals surface area contributed by atoms with Crippen molar-refractivity contribution in [1.29, 1.82) is 0 Å². The summed E-state index contributed by atoms with van der Waals surface area (Å²) in [6.07, 6.45) is 0.485. The third-order valence-electron chi connectivity index (χ3n) is 5.26. The molecule has 1 saturated heterocycles. The highest BCUT2D eigenvalue weighted by Crippen LogP contribution is 2.52. The topological polar surface area (TPSA) is 81.2 Å². The summed E-state index contributed by atoms with van der Waals surface area (Å²) in [5.74, 6) is 0.828. The normalized spacial score (nSPS) is 19.7. The molecular weight excluding hydrogens is 386 g/mol. The van der Waals surface area contributed by atoms with Crippen molar-refractivity contribution in [3.8, 4) is 22.8 Å². The van der Waals surface area contributed by atoms with E-state index >= 15 is 0 Å². The molecular formula is C22H25N3O5. The van der Waals surface area contributed by atoms with Crippen LogP contribution in [0.15, 0.2) is 30.5 Å². The number of anilines is 1. The van der Waals surface area contributed by atoms with Crippen LogP contribution >= 0.6 is 0 Å². The first-order chi connectivity index (χ1) is 14.2. The Morgan fingerprint density at radius 3 is 2.43 bits per heavy atom. The number of methoxy groups -OCH3 is 2. The van der Waals surface area contributed by atoms with E-state index in [0.29, 0.717) is 22.9 Å². The molecule has 3 heterocycles. The van der Waals surface area contributed by atoms with Crippen LogP contribution in [0.2, 0.25) is 0 Å². The van der Waals surface area contributed by atoms with E-state index < -0.39 is 23.9 Å². The maximum absolute atomic E-state index is 13.3. The second kappa shape index (κ2) is 6.90. The molecule has 0 aliphatic carbocycles. The fourth-order valence-corrected chi connectivity index (χ4v) is 4.00. The van der Waals surface area contributed by atoms with Gasteiger partial charge in [-0.15, -0.1) is 0 Å². The number of carbonyl (C=O) groups is 2. The summed E-state index contributed by atoms with van der Waals surface area (Å²) in [4.78, 5) is 34.1. The average Bonchev–Trinajstić information content (AvgIpc) is 2.97. The minimum Gasteiger partial charge on any atom is -0.493 e. The minimum absolute atomic E-state index is 0.200. The van der Waals surface area contributed by atoms with E-state index in [0.717, 1.165) is 11.1 Å². The molecule has 2 aromatic rings. The Hall–Kier alpha value is -3.29. The van der Waals surface area contributed by atoms with E-state index in [-0.39, 0.29) is 5.91 Å². The van der Waals surface area contributed by atoms with Gasteiger partial charge in [-0.05, 0) is 39.8 Å². The number of fused-ring (bicyclic) bond motifs is 6. The standard InChI is InChI=1S/C22H25N3O5/c1-12-20(26)25-15-11-17(29-6)16(28-5)10-14(15)18-13(8-7-9-23-18)19(25)24(12)21(27)30-22(2,3)4/h7-12,19H,1-6H3/t12-,19-/m1/s1. The molecule has 0 spiro atoms. The molecule has 0 saturated carbocycles. The zero-order chi connectivity index (χ0) is 21.8. The Balaban J connectivity index is 1.93. The molecule has 158 valence electrons. The summed E-state index contributed by atoms with van der Waals surface area (Å²) < 4.78 is 16.5. The van der Waals surface area contributed by atoms with Crippen molar-refractivity contribution in [2.24, 2.45) is 0 Å². The number of hydrogen-bond donors (Lipinski definition) is 0. The quantitative estimate of drug-likeness (QED) is 0.749. The SMILES string of the molecule is COc1cc2c(cc1OC)N1C(=O)[C@@H](C)N(C(=O)OC(C)(C)C)[C@H]1c1cccnc1-2. The van der Waals surface area contributed by atoms with Gasteiger partial charge in [0.25, 0.3) is 5.91 Å². The van der Waals surface area contributed by atoms with E-state index in [9.17, 15) is 9.59 Å². The molecule has 30 heavy (non-hydrogen) atoms. The van der Waals surface area contributed by atoms with Gasteiger partial charge >= 0.3 is 6.09 Å². The molecule has 2 amide bonds. The first kappa shape index (κ1) is 20.0. The van der Waals surface area contributed by atoms with Crippen LogP contribution in [0.25, 0.3) is 11.3 Å². The Bertz CT molecular complexity index is 1030. The van der Waals surface area contributed by atoms with Crippen LogP contribution in [0.4, 0.5) is 10.5 Å². The molecule has 1 aromatic carbocycles. The fraction of sp³-hybridized carbons (Fsp3) is 0.409. The maximum atomic E-state index is 13.3. The predicted octanol–water partition coefficient (Wildman–Crippen LogP) is 3.75. The van der Waals surface area contributed by atoms with Crippen LogP contribution in [0, 0.1) is 0 Å². The summed E-state index contributed by atoms with van der Waals surface area (Å²) in [7, 11) is 3.10. The smallest absolute Gasteiger partial charge is 0.412 e. The summed E-state index contributed by atoms with van der Waals surface area (Å²) in [5.41, 5.74) is 2.11. The van der Waals surface area contributed by atoms with Crippen LogP contribution < -0.4 is 14.4 Å². The van der Waals surface area contributed by atoms with E-state index in [1.807, 2.05) is 12.1 Å². The molecule has 0 radical (unpaired) electrons. The molecule has 8 heteroatoms. The molecule has 8 nitrogen and oxygen atoms in total. The largest absolute Gasteiger partial charge is 0.493 e. The lowest BCUT2D eigenvalue weighted by molar-refractivity contribution is -0.119. The molecule has 4 rings (SSSR count). The van der Waals surface area contributed by atoms with Crippen molar-refractivity contribution >= 4 is 17.7 Å². The number of carbonyl (C=O) groups excluding carboxylic acids is 2. The van der Waals surface area contributed by atoms with Crippen molar-refractivity contribution < 1.29 is 23.8 Å². The maximum Gasteiger partial charge on any atom is 0.412 e. The Labute approximate surface area is 175 Å². The molecule has 0 bridgehead atoms. The highest BCUT2D eigenvalue weighted by atomic mass is 16.6. The first-order valence-electron chi connectivity index (χ1n) is 9.73. The van der Waals surface area contributed by atoms with E-state index in [4.69, 9.17) is 14.2 Å². The first-order valence-corrected chi connectivity index (χ1v) is 9.73. The number of benzene rings is 1. The summed E-state index contributed by atoms with van der Waals surface area (Å²) in [5, 5.41) is 0. The van der Waals surface area contributed by atoms with Gasteiger partial charge in [-0.3, -0.25) is 19.6 Å². The number of aromatic nitrogens is 1. The minimum atomic E-state index is -0.697. The fourth-order valence-electron chi connectivity index (χ4n) is 4.00. The third kappa shape index (κ3) is 2.94. The number of hydrogen-bond acceptors (Lipinski definition) is 6. The van der Waals surface area contributed by atoms with Gasteiger partial charge in [0.15, 0.2) is 11.5 Å². The monoisotopic (exact) mass is 411 g/mol. The second-order valence-corrected chi connectivity index (χ2v) is 8.31. The average molecular weight is 411 g/mol. The van der Waals surface area contributed by atoms with E-state index in [1.165, 1.54) is 12.0 Å². The lowest BCUT2D eigenvalue weighted by atomic mass is 9.95. The molecule has 0 N–H and O–H groups in total. The van der Waals surface area contributed by atoms with Crippen LogP contribution in [0.1, 0.15) is 39.4 Å². The lowest BCUT2D eigenvalue weighted by Crippen LogP contribution is -2.42. The van der Waals surface area contributed by atoms with Crippen LogP contribution in [0.3, 0.4) is 0 Å². The van der Waals surface area contributed by atoms with Crippen molar-refractivity contribution in [2.45, 2.75) is 45.5 Å². The van der Waals surface area contributed by atoms with Crippen LogP contribution in [-0.4, -0.2) is 47.7 Å². The second-order valence-electron chi connectivity index (χ2n) is 8.31. The van der Waals surface area contributed by atoms with Gasteiger partial charge in [0.05, 0.1) is 25.6 Å². The summed E-state index contributed by atoms with van der Waals surface area (Å²) >= 11 is 0. The molecule has 0 unspecified atom stereocenters. The summed E-state index contributed by atoms with van der Waals surface area (Å²) in [6, 6.07) is 6.54. The molecule has 2 aliphatic rings. The van der Waals surface area contributed by atoms with Gasteiger partial charge in [0.2, 0.25) is 0 Å². The van der Waals surface area contributed by atoms with Gasteiger partial charge in [0.1, 0.15) is 17.8 Å². The molecule has 1 fully saturated rings. The van der Waals surface area contributed by atoms with Gasteiger partial charge in [-0.2, -0.15) is 0 Å². The highest BCUT2D eigenvalue weighted by Gasteiger charge is 2.52. The lowest BCUT2D eigenvalue weighted by Gasteiger charge is -2.37. The number of ether oxygens (including phenoxy) is 3. The highest BCUT2D eigenvalue weighted by molar-refractivity contribution is 6.07. The predicted molar refractivity (Wildman–Crippen MR) is 111 cm³/mol. The van der Waals surface area contributed by atoms with Crippen molar-refractivity contribution in [2.75, 3.05) is 19.1 Å². The van der Waals surface area contributed by atoms with Crippen molar-refractivity contribution in [3.63, 3.8) is 0 Å². The van der Waals surface area contributed by atoms with Gasteiger partial charge in [0, 0.05) is 23.4 Å². The third-order valence-corrected chi connectivity index (χ3v) is 5.26. The van der Waals surface area contributed by atoms with Crippen molar-refractivity contribution in [3.05, 3.63) is 36.0 Å².